The second kappa shape index (κ2) is 6.87. The molecule has 4 heteroatoms. The fourth-order valence-corrected chi connectivity index (χ4v) is 2.64. The topological polar surface area (TPSA) is 38.5 Å². The summed E-state index contributed by atoms with van der Waals surface area (Å²) >= 11 is 4.97. The minimum absolute atomic E-state index is 0.412. The van der Waals surface area contributed by atoms with Crippen LogP contribution in [0.25, 0.3) is 0 Å². The van der Waals surface area contributed by atoms with Gasteiger partial charge in [-0.25, -0.2) is 0 Å². The molecule has 0 aliphatic carbocycles. The number of hydrogen-bond donors (Lipinski definition) is 1. The Hall–Kier alpha value is -1.13. The lowest BCUT2D eigenvalue weighted by Gasteiger charge is -2.33. The second-order valence-electron chi connectivity index (χ2n) is 5.12. The van der Waals surface area contributed by atoms with E-state index in [1.54, 1.807) is 0 Å². The number of benzene rings is 1. The molecule has 1 saturated heterocycles. The van der Waals surface area contributed by atoms with E-state index in [-0.39, 0.29) is 0 Å². The van der Waals surface area contributed by atoms with Gasteiger partial charge in [0.05, 0.1) is 0 Å². The molecular weight excluding hydrogens is 256 g/mol. The van der Waals surface area contributed by atoms with Crippen molar-refractivity contribution in [1.82, 2.24) is 4.90 Å². The van der Waals surface area contributed by atoms with Crippen molar-refractivity contribution in [3.63, 3.8) is 0 Å². The third-order valence-electron chi connectivity index (χ3n) is 3.71. The van der Waals surface area contributed by atoms with Crippen LogP contribution in [0, 0.1) is 0 Å². The SMILES string of the molecule is CC1CCCCN1CCOc1cccc(C(N)=S)c1. The molecule has 1 aromatic rings. The van der Waals surface area contributed by atoms with E-state index in [1.807, 2.05) is 24.3 Å². The van der Waals surface area contributed by atoms with Gasteiger partial charge in [0.25, 0.3) is 0 Å². The molecule has 2 rings (SSSR count). The van der Waals surface area contributed by atoms with Gasteiger partial charge in [-0.2, -0.15) is 0 Å². The van der Waals surface area contributed by atoms with Crippen LogP contribution in [0.5, 0.6) is 5.75 Å². The van der Waals surface area contributed by atoms with Crippen LogP contribution in [0.1, 0.15) is 31.7 Å². The van der Waals surface area contributed by atoms with Crippen LogP contribution in [0.15, 0.2) is 24.3 Å². The predicted octanol–water partition coefficient (Wildman–Crippen LogP) is 2.57. The first kappa shape index (κ1) is 14.3. The average molecular weight is 278 g/mol. The zero-order valence-corrected chi connectivity index (χ0v) is 12.3. The van der Waals surface area contributed by atoms with Crippen LogP contribution >= 0.6 is 12.2 Å². The Balaban J connectivity index is 1.82. The maximum atomic E-state index is 5.79. The van der Waals surface area contributed by atoms with Gasteiger partial charge < -0.3 is 10.5 Å². The summed E-state index contributed by atoms with van der Waals surface area (Å²) in [6, 6.07) is 8.36. The predicted molar refractivity (Wildman–Crippen MR) is 82.7 cm³/mol. The minimum Gasteiger partial charge on any atom is -0.492 e. The van der Waals surface area contributed by atoms with Crippen LogP contribution in [0.2, 0.25) is 0 Å². The number of nitrogens with zero attached hydrogens (tertiary/aromatic N) is 1. The smallest absolute Gasteiger partial charge is 0.120 e. The molecule has 19 heavy (non-hydrogen) atoms. The molecule has 1 atom stereocenters. The molecule has 0 spiro atoms. The van der Waals surface area contributed by atoms with Crippen molar-refractivity contribution >= 4 is 17.2 Å². The molecule has 1 aliphatic rings. The molecule has 2 N–H and O–H groups in total. The van der Waals surface area contributed by atoms with E-state index in [4.69, 9.17) is 22.7 Å². The van der Waals surface area contributed by atoms with Gasteiger partial charge in [-0.1, -0.05) is 30.8 Å². The van der Waals surface area contributed by atoms with Gasteiger partial charge in [0.2, 0.25) is 0 Å². The molecule has 104 valence electrons. The van der Waals surface area contributed by atoms with E-state index in [0.29, 0.717) is 17.6 Å². The van der Waals surface area contributed by atoms with E-state index in [2.05, 4.69) is 11.8 Å². The molecule has 0 bridgehead atoms. The Labute approximate surface area is 120 Å². The van der Waals surface area contributed by atoms with Crippen molar-refractivity contribution in [2.24, 2.45) is 5.73 Å². The van der Waals surface area contributed by atoms with Crippen molar-refractivity contribution in [2.45, 2.75) is 32.2 Å². The standard InChI is InChI=1S/C15H22N2OS/c1-12-5-2-3-8-17(12)9-10-18-14-7-4-6-13(11-14)15(16)19/h4,6-7,11-12H,2-3,5,8-10H2,1H3,(H2,16,19). The number of thiocarbonyl (C=S) groups is 1. The summed E-state index contributed by atoms with van der Waals surface area (Å²) in [6.07, 6.45) is 3.96. The molecule has 1 unspecified atom stereocenters. The van der Waals surface area contributed by atoms with Gasteiger partial charge in [-0.3, -0.25) is 4.90 Å². The molecule has 0 amide bonds. The van der Waals surface area contributed by atoms with Gasteiger partial charge in [0.1, 0.15) is 17.3 Å². The Morgan fingerprint density at radius 1 is 1.47 bits per heavy atom. The molecule has 0 aromatic heterocycles. The Kier molecular flexibility index (Phi) is 5.16. The average Bonchev–Trinajstić information content (AvgIpc) is 2.41. The van der Waals surface area contributed by atoms with Crippen molar-refractivity contribution in [2.75, 3.05) is 19.7 Å². The fourth-order valence-electron chi connectivity index (χ4n) is 2.51. The number of likely N-dealkylation sites (tertiary alicyclic amines) is 1. The Morgan fingerprint density at radius 3 is 3.05 bits per heavy atom. The van der Waals surface area contributed by atoms with Crippen molar-refractivity contribution in [3.8, 4) is 5.75 Å². The van der Waals surface area contributed by atoms with E-state index < -0.39 is 0 Å². The first-order valence-electron chi connectivity index (χ1n) is 6.93. The lowest BCUT2D eigenvalue weighted by atomic mass is 10.0. The largest absolute Gasteiger partial charge is 0.492 e. The zero-order valence-electron chi connectivity index (χ0n) is 11.5. The summed E-state index contributed by atoms with van der Waals surface area (Å²) in [5.41, 5.74) is 6.47. The quantitative estimate of drug-likeness (QED) is 0.840. The van der Waals surface area contributed by atoms with Gasteiger partial charge in [-0.05, 0) is 38.4 Å². The summed E-state index contributed by atoms with van der Waals surface area (Å²) in [7, 11) is 0. The van der Waals surface area contributed by atoms with Gasteiger partial charge in [0, 0.05) is 18.2 Å². The molecule has 1 aromatic carbocycles. The molecule has 3 nitrogen and oxygen atoms in total. The van der Waals surface area contributed by atoms with E-state index in [9.17, 15) is 0 Å². The van der Waals surface area contributed by atoms with Gasteiger partial charge in [-0.15, -0.1) is 0 Å². The minimum atomic E-state index is 0.412. The van der Waals surface area contributed by atoms with Gasteiger partial charge in [0.15, 0.2) is 0 Å². The summed E-state index contributed by atoms with van der Waals surface area (Å²) in [4.78, 5) is 2.91. The number of rotatable bonds is 5. The molecule has 1 fully saturated rings. The van der Waals surface area contributed by atoms with Crippen LogP contribution < -0.4 is 10.5 Å². The van der Waals surface area contributed by atoms with Crippen LogP contribution in [0.4, 0.5) is 0 Å². The van der Waals surface area contributed by atoms with Crippen LogP contribution in [0.3, 0.4) is 0 Å². The summed E-state index contributed by atoms with van der Waals surface area (Å²) in [6.45, 7) is 5.19. The molecule has 1 heterocycles. The number of nitrogens with two attached hydrogens (primary N) is 1. The molecule has 1 aliphatic heterocycles. The summed E-state index contributed by atoms with van der Waals surface area (Å²) < 4.78 is 5.79. The van der Waals surface area contributed by atoms with Crippen LogP contribution in [-0.4, -0.2) is 35.6 Å². The highest BCUT2D eigenvalue weighted by molar-refractivity contribution is 7.80. The monoisotopic (exact) mass is 278 g/mol. The summed E-state index contributed by atoms with van der Waals surface area (Å²) in [5, 5.41) is 0. The first-order chi connectivity index (χ1) is 9.16. The van der Waals surface area contributed by atoms with E-state index in [1.165, 1.54) is 25.8 Å². The molecule has 0 saturated carbocycles. The summed E-state index contributed by atoms with van der Waals surface area (Å²) in [5.74, 6) is 0.843. The van der Waals surface area contributed by atoms with E-state index >= 15 is 0 Å². The van der Waals surface area contributed by atoms with Crippen molar-refractivity contribution in [3.05, 3.63) is 29.8 Å². The number of ether oxygens (including phenoxy) is 1. The second-order valence-corrected chi connectivity index (χ2v) is 5.56. The van der Waals surface area contributed by atoms with Crippen LogP contribution in [-0.2, 0) is 0 Å². The zero-order chi connectivity index (χ0) is 13.7. The molecular formula is C15H22N2OS. The fraction of sp³-hybridized carbons (Fsp3) is 0.533. The highest BCUT2D eigenvalue weighted by Crippen LogP contribution is 2.17. The number of piperidine rings is 1. The lowest BCUT2D eigenvalue weighted by molar-refractivity contribution is 0.133. The van der Waals surface area contributed by atoms with Crippen molar-refractivity contribution in [1.29, 1.82) is 0 Å². The van der Waals surface area contributed by atoms with Crippen molar-refractivity contribution < 1.29 is 4.74 Å². The van der Waals surface area contributed by atoms with Gasteiger partial charge >= 0.3 is 0 Å². The lowest BCUT2D eigenvalue weighted by Crippen LogP contribution is -2.39. The van der Waals surface area contributed by atoms with E-state index in [0.717, 1.165) is 17.9 Å². The highest BCUT2D eigenvalue weighted by atomic mass is 32.1. The normalized spacial score (nSPS) is 20.2. The maximum Gasteiger partial charge on any atom is 0.120 e. The maximum absolute atomic E-state index is 5.79. The first-order valence-corrected chi connectivity index (χ1v) is 7.34. The highest BCUT2D eigenvalue weighted by Gasteiger charge is 2.17. The molecule has 0 radical (unpaired) electrons. The third kappa shape index (κ3) is 4.18. The third-order valence-corrected chi connectivity index (χ3v) is 3.94. The number of hydrogen-bond acceptors (Lipinski definition) is 3. The Bertz CT molecular complexity index is 436. The Morgan fingerprint density at radius 2 is 2.32 bits per heavy atom.